The predicted molar refractivity (Wildman–Crippen MR) is 71.9 cm³/mol. The highest BCUT2D eigenvalue weighted by molar-refractivity contribution is 5.43. The zero-order chi connectivity index (χ0) is 13.1. The van der Waals surface area contributed by atoms with Crippen molar-refractivity contribution in [1.82, 2.24) is 24.5 Å². The quantitative estimate of drug-likeness (QED) is 0.768. The highest BCUT2D eigenvalue weighted by atomic mass is 15.3. The fourth-order valence-electron chi connectivity index (χ4n) is 1.80. The van der Waals surface area contributed by atoms with Gasteiger partial charge in [0.2, 0.25) is 0 Å². The van der Waals surface area contributed by atoms with Gasteiger partial charge in [-0.1, -0.05) is 0 Å². The molecular formula is C13H14N6. The van der Waals surface area contributed by atoms with Crippen molar-refractivity contribution in [2.24, 2.45) is 7.05 Å². The highest BCUT2D eigenvalue weighted by Gasteiger charge is 1.99. The molecule has 3 rings (SSSR count). The molecule has 0 aliphatic rings. The lowest BCUT2D eigenvalue weighted by Crippen LogP contribution is -2.01. The molecule has 0 aromatic carbocycles. The molecule has 0 bridgehead atoms. The van der Waals surface area contributed by atoms with E-state index in [1.54, 1.807) is 21.8 Å². The van der Waals surface area contributed by atoms with Crippen LogP contribution in [0.25, 0.3) is 5.82 Å². The monoisotopic (exact) mass is 254 g/mol. The lowest BCUT2D eigenvalue weighted by atomic mass is 10.3. The molecule has 0 aliphatic carbocycles. The Kier molecular flexibility index (Phi) is 2.97. The zero-order valence-electron chi connectivity index (χ0n) is 10.6. The molecular weight excluding hydrogens is 240 g/mol. The van der Waals surface area contributed by atoms with E-state index in [-0.39, 0.29) is 0 Å². The fraction of sp³-hybridized carbons (Fsp3) is 0.154. The van der Waals surface area contributed by atoms with Crippen LogP contribution >= 0.6 is 0 Å². The van der Waals surface area contributed by atoms with Crippen molar-refractivity contribution >= 4 is 5.69 Å². The van der Waals surface area contributed by atoms with Gasteiger partial charge in [0.05, 0.1) is 18.1 Å². The van der Waals surface area contributed by atoms with Crippen molar-refractivity contribution in [3.63, 3.8) is 0 Å². The summed E-state index contributed by atoms with van der Waals surface area (Å²) < 4.78 is 3.51. The lowest BCUT2D eigenvalue weighted by Gasteiger charge is -2.05. The van der Waals surface area contributed by atoms with Crippen molar-refractivity contribution in [1.29, 1.82) is 0 Å². The van der Waals surface area contributed by atoms with E-state index in [0.29, 0.717) is 0 Å². The average molecular weight is 254 g/mol. The summed E-state index contributed by atoms with van der Waals surface area (Å²) in [6.07, 6.45) is 9.23. The van der Waals surface area contributed by atoms with E-state index < -0.39 is 0 Å². The van der Waals surface area contributed by atoms with Crippen LogP contribution in [0.4, 0.5) is 5.69 Å². The third kappa shape index (κ3) is 2.62. The van der Waals surface area contributed by atoms with Crippen LogP contribution in [-0.4, -0.2) is 24.5 Å². The summed E-state index contributed by atoms with van der Waals surface area (Å²) in [6, 6.07) is 5.79. The number of rotatable bonds is 4. The van der Waals surface area contributed by atoms with Crippen molar-refractivity contribution < 1.29 is 0 Å². The molecule has 19 heavy (non-hydrogen) atoms. The molecule has 3 aromatic heterocycles. The molecule has 0 unspecified atom stereocenters. The third-order valence-corrected chi connectivity index (χ3v) is 2.74. The van der Waals surface area contributed by atoms with Crippen molar-refractivity contribution in [3.05, 3.63) is 54.7 Å². The third-order valence-electron chi connectivity index (χ3n) is 2.74. The SMILES string of the molecule is Cn1cc(CNc2ccc(-n3cccn3)nc2)cn1. The van der Waals surface area contributed by atoms with E-state index in [4.69, 9.17) is 0 Å². The van der Waals surface area contributed by atoms with E-state index in [2.05, 4.69) is 20.5 Å². The molecule has 6 heteroatoms. The van der Waals surface area contributed by atoms with Gasteiger partial charge >= 0.3 is 0 Å². The van der Waals surface area contributed by atoms with E-state index in [1.807, 2.05) is 43.8 Å². The summed E-state index contributed by atoms with van der Waals surface area (Å²) in [4.78, 5) is 4.36. The van der Waals surface area contributed by atoms with Gasteiger partial charge in [-0.25, -0.2) is 9.67 Å². The maximum Gasteiger partial charge on any atom is 0.153 e. The van der Waals surface area contributed by atoms with Crippen LogP contribution < -0.4 is 5.32 Å². The fourth-order valence-corrected chi connectivity index (χ4v) is 1.80. The van der Waals surface area contributed by atoms with Gasteiger partial charge in [-0.15, -0.1) is 0 Å². The number of aryl methyl sites for hydroxylation is 1. The Balaban J connectivity index is 1.66. The molecule has 0 atom stereocenters. The van der Waals surface area contributed by atoms with Crippen LogP contribution in [0.2, 0.25) is 0 Å². The van der Waals surface area contributed by atoms with Gasteiger partial charge in [0.15, 0.2) is 5.82 Å². The zero-order valence-corrected chi connectivity index (χ0v) is 10.6. The van der Waals surface area contributed by atoms with Crippen LogP contribution in [0.1, 0.15) is 5.56 Å². The second-order valence-electron chi connectivity index (χ2n) is 4.23. The van der Waals surface area contributed by atoms with Crippen LogP contribution in [0.5, 0.6) is 0 Å². The van der Waals surface area contributed by atoms with Gasteiger partial charge in [0.1, 0.15) is 0 Å². The summed E-state index contributed by atoms with van der Waals surface area (Å²) >= 11 is 0. The van der Waals surface area contributed by atoms with Crippen molar-refractivity contribution in [2.45, 2.75) is 6.54 Å². The van der Waals surface area contributed by atoms with Gasteiger partial charge in [-0.05, 0) is 18.2 Å². The number of pyridine rings is 1. The van der Waals surface area contributed by atoms with Gasteiger partial charge in [-0.2, -0.15) is 10.2 Å². The number of aromatic nitrogens is 5. The standard InChI is InChI=1S/C13H14N6/c1-18-10-11(8-17-18)7-14-12-3-4-13(15-9-12)19-6-2-5-16-19/h2-6,8-10,14H,7H2,1H3. The average Bonchev–Trinajstić information content (AvgIpc) is 3.08. The minimum Gasteiger partial charge on any atom is -0.380 e. The predicted octanol–water partition coefficient (Wildman–Crippen LogP) is 1.61. The Labute approximate surface area is 110 Å². The second kappa shape index (κ2) is 4.93. The van der Waals surface area contributed by atoms with Gasteiger partial charge < -0.3 is 5.32 Å². The minimum absolute atomic E-state index is 0.733. The molecule has 0 saturated carbocycles. The summed E-state index contributed by atoms with van der Waals surface area (Å²) in [5, 5.41) is 11.6. The van der Waals surface area contributed by atoms with Gasteiger partial charge in [-0.3, -0.25) is 4.68 Å². The topological polar surface area (TPSA) is 60.6 Å². The molecule has 0 radical (unpaired) electrons. The number of nitrogens with one attached hydrogen (secondary N) is 1. The molecule has 0 fully saturated rings. The molecule has 6 nitrogen and oxygen atoms in total. The van der Waals surface area contributed by atoms with Gasteiger partial charge in [0, 0.05) is 37.7 Å². The molecule has 0 spiro atoms. The largest absolute Gasteiger partial charge is 0.380 e. The molecule has 1 N–H and O–H groups in total. The lowest BCUT2D eigenvalue weighted by molar-refractivity contribution is 0.767. The molecule has 0 amide bonds. The Morgan fingerprint density at radius 3 is 2.79 bits per heavy atom. The van der Waals surface area contributed by atoms with Crippen LogP contribution in [0.15, 0.2) is 49.2 Å². The van der Waals surface area contributed by atoms with Crippen LogP contribution in [0.3, 0.4) is 0 Å². The molecule has 3 aromatic rings. The van der Waals surface area contributed by atoms with Crippen LogP contribution in [0, 0.1) is 0 Å². The minimum atomic E-state index is 0.733. The first kappa shape index (κ1) is 11.5. The Morgan fingerprint density at radius 1 is 1.21 bits per heavy atom. The van der Waals surface area contributed by atoms with E-state index in [9.17, 15) is 0 Å². The highest BCUT2D eigenvalue weighted by Crippen LogP contribution is 2.10. The first-order valence-corrected chi connectivity index (χ1v) is 5.99. The first-order chi connectivity index (χ1) is 9.31. The van der Waals surface area contributed by atoms with E-state index in [1.165, 1.54) is 0 Å². The van der Waals surface area contributed by atoms with Crippen LogP contribution in [-0.2, 0) is 13.6 Å². The number of hydrogen-bond donors (Lipinski definition) is 1. The molecule has 0 aliphatic heterocycles. The Morgan fingerprint density at radius 2 is 2.16 bits per heavy atom. The second-order valence-corrected chi connectivity index (χ2v) is 4.23. The Hall–Kier alpha value is -2.63. The summed E-state index contributed by atoms with van der Waals surface area (Å²) in [7, 11) is 1.91. The maximum absolute atomic E-state index is 4.36. The smallest absolute Gasteiger partial charge is 0.153 e. The van der Waals surface area contributed by atoms with Crippen molar-refractivity contribution in [2.75, 3.05) is 5.32 Å². The normalized spacial score (nSPS) is 10.6. The molecule has 0 saturated heterocycles. The maximum atomic E-state index is 4.36. The summed E-state index contributed by atoms with van der Waals surface area (Å²) in [6.45, 7) is 0.733. The molecule has 96 valence electrons. The number of nitrogens with zero attached hydrogens (tertiary/aromatic N) is 5. The first-order valence-electron chi connectivity index (χ1n) is 5.99. The van der Waals surface area contributed by atoms with E-state index in [0.717, 1.165) is 23.6 Å². The van der Waals surface area contributed by atoms with Gasteiger partial charge in [0.25, 0.3) is 0 Å². The summed E-state index contributed by atoms with van der Waals surface area (Å²) in [5.74, 6) is 0.803. The number of anilines is 1. The number of hydrogen-bond acceptors (Lipinski definition) is 4. The molecule has 3 heterocycles. The summed E-state index contributed by atoms with van der Waals surface area (Å²) in [5.41, 5.74) is 2.11. The Bertz CT molecular complexity index is 638. The van der Waals surface area contributed by atoms with E-state index >= 15 is 0 Å². The van der Waals surface area contributed by atoms with Crippen molar-refractivity contribution in [3.8, 4) is 5.82 Å².